The molecule has 3 aromatic rings. The van der Waals surface area contributed by atoms with E-state index in [1.807, 2.05) is 37.3 Å². The smallest absolute Gasteiger partial charge is 0.294 e. The topological polar surface area (TPSA) is 118 Å². The quantitative estimate of drug-likeness (QED) is 0.464. The van der Waals surface area contributed by atoms with Crippen molar-refractivity contribution in [2.24, 2.45) is 5.10 Å². The molecule has 168 valence electrons. The highest BCUT2D eigenvalue weighted by Gasteiger charge is 2.29. The molecule has 0 bridgehead atoms. The van der Waals surface area contributed by atoms with Crippen LogP contribution in [-0.4, -0.2) is 29.5 Å². The van der Waals surface area contributed by atoms with Gasteiger partial charge in [-0.15, -0.1) is 0 Å². The van der Waals surface area contributed by atoms with Gasteiger partial charge in [0.05, 0.1) is 10.6 Å². The van der Waals surface area contributed by atoms with E-state index in [1.54, 1.807) is 7.05 Å². The van der Waals surface area contributed by atoms with Crippen molar-refractivity contribution in [2.75, 3.05) is 11.9 Å². The first-order valence-electron chi connectivity index (χ1n) is 10.4. The maximum Gasteiger partial charge on any atom is 0.294 e. The normalized spacial score (nSPS) is 13.9. The van der Waals surface area contributed by atoms with E-state index in [-0.39, 0.29) is 22.9 Å². The number of hydrazone groups is 1. The van der Waals surface area contributed by atoms with Crippen LogP contribution in [0.4, 0.5) is 11.4 Å². The molecule has 1 aliphatic carbocycles. The third-order valence-electron chi connectivity index (χ3n) is 5.60. The summed E-state index contributed by atoms with van der Waals surface area (Å²) in [4.78, 5) is 37.3. The zero-order valence-electron chi connectivity index (χ0n) is 18.2. The molecular weight excluding hydrogens is 424 g/mol. The fraction of sp³-hybridized carbons (Fsp3) is 0.208. The second-order valence-electron chi connectivity index (χ2n) is 7.71. The summed E-state index contributed by atoms with van der Waals surface area (Å²) in [7, 11) is 1.69. The molecule has 1 aromatic heterocycles. The predicted molar refractivity (Wildman–Crippen MR) is 123 cm³/mol. The lowest BCUT2D eigenvalue weighted by Gasteiger charge is -2.16. The van der Waals surface area contributed by atoms with Gasteiger partial charge in [-0.1, -0.05) is 18.2 Å². The van der Waals surface area contributed by atoms with Crippen molar-refractivity contribution in [2.45, 2.75) is 26.2 Å². The van der Waals surface area contributed by atoms with Crippen LogP contribution >= 0.6 is 0 Å². The Labute approximate surface area is 189 Å². The molecule has 9 nitrogen and oxygen atoms in total. The number of nitro benzene ring substituents is 1. The van der Waals surface area contributed by atoms with Gasteiger partial charge in [-0.25, -0.2) is 5.43 Å². The van der Waals surface area contributed by atoms with Gasteiger partial charge in [-0.2, -0.15) is 5.10 Å². The Morgan fingerprint density at radius 2 is 1.79 bits per heavy atom. The van der Waals surface area contributed by atoms with Gasteiger partial charge in [0.25, 0.3) is 17.5 Å². The number of fused-ring (bicyclic) bond motifs is 1. The average molecular weight is 446 g/mol. The van der Waals surface area contributed by atoms with Crippen LogP contribution in [0.25, 0.3) is 0 Å². The van der Waals surface area contributed by atoms with Gasteiger partial charge in [0, 0.05) is 48.0 Å². The highest BCUT2D eigenvalue weighted by molar-refractivity contribution is 6.10. The number of nitrogens with zero attached hydrogens (tertiary/aromatic N) is 3. The van der Waals surface area contributed by atoms with Crippen molar-refractivity contribution in [3.05, 3.63) is 92.9 Å². The first kappa shape index (κ1) is 21.9. The van der Waals surface area contributed by atoms with Gasteiger partial charge in [0.15, 0.2) is 5.76 Å². The highest BCUT2D eigenvalue weighted by atomic mass is 16.6. The van der Waals surface area contributed by atoms with Crippen LogP contribution < -0.4 is 10.3 Å². The third-order valence-corrected chi connectivity index (χ3v) is 5.60. The number of nitrogens with one attached hydrogen (secondary N) is 1. The zero-order valence-corrected chi connectivity index (χ0v) is 18.2. The Kier molecular flexibility index (Phi) is 6.03. The second-order valence-corrected chi connectivity index (χ2v) is 7.71. The minimum Gasteiger partial charge on any atom is -0.455 e. The molecule has 9 heteroatoms. The number of para-hydroxylation sites is 1. The molecule has 1 heterocycles. The largest absolute Gasteiger partial charge is 0.455 e. The van der Waals surface area contributed by atoms with E-state index in [0.29, 0.717) is 29.9 Å². The first-order valence-corrected chi connectivity index (χ1v) is 10.4. The molecule has 0 atom stereocenters. The highest BCUT2D eigenvalue weighted by Crippen LogP contribution is 2.31. The van der Waals surface area contributed by atoms with Crippen LogP contribution in [0.2, 0.25) is 0 Å². The van der Waals surface area contributed by atoms with Gasteiger partial charge in [0.1, 0.15) is 5.76 Å². The van der Waals surface area contributed by atoms with E-state index in [0.717, 1.165) is 17.7 Å². The predicted octanol–water partition coefficient (Wildman–Crippen LogP) is 4.24. The first-order chi connectivity index (χ1) is 15.9. The van der Waals surface area contributed by atoms with Crippen LogP contribution in [-0.2, 0) is 6.42 Å². The summed E-state index contributed by atoms with van der Waals surface area (Å²) in [6.07, 6.45) is 2.07. The number of nitro groups is 1. The molecule has 2 amide bonds. The van der Waals surface area contributed by atoms with Gasteiger partial charge in [0.2, 0.25) is 0 Å². The fourth-order valence-electron chi connectivity index (χ4n) is 3.82. The lowest BCUT2D eigenvalue weighted by Crippen LogP contribution is -2.26. The molecule has 33 heavy (non-hydrogen) atoms. The number of hydrogen-bond acceptors (Lipinski definition) is 6. The maximum atomic E-state index is 13.1. The van der Waals surface area contributed by atoms with Crippen LogP contribution in [0.3, 0.4) is 0 Å². The zero-order chi connectivity index (χ0) is 23.5. The standard InChI is InChI=1S/C24H22N4O5/c1-15-21-19(25-26-23(29)16-11-13-18(14-12-16)28(31)32)9-6-10-20(21)33-22(15)24(30)27(2)17-7-4-3-5-8-17/h3-5,7-8,11-14H,6,9-10H2,1-2H3,(H,26,29)/b25-19+. The summed E-state index contributed by atoms with van der Waals surface area (Å²) in [5.74, 6) is 0.183. The van der Waals surface area contributed by atoms with E-state index in [1.165, 1.54) is 29.2 Å². The number of aryl methyl sites for hydroxylation is 1. The van der Waals surface area contributed by atoms with E-state index in [4.69, 9.17) is 4.42 Å². The van der Waals surface area contributed by atoms with Crippen molar-refractivity contribution < 1.29 is 18.9 Å². The number of carbonyl (C=O) groups is 2. The minimum atomic E-state index is -0.527. The molecule has 0 unspecified atom stereocenters. The van der Waals surface area contributed by atoms with E-state index in [9.17, 15) is 19.7 Å². The molecule has 0 radical (unpaired) electrons. The summed E-state index contributed by atoms with van der Waals surface area (Å²) < 4.78 is 5.95. The van der Waals surface area contributed by atoms with Crippen LogP contribution in [0.15, 0.2) is 64.1 Å². The van der Waals surface area contributed by atoms with Crippen molar-refractivity contribution in [1.82, 2.24) is 5.43 Å². The number of anilines is 1. The summed E-state index contributed by atoms with van der Waals surface area (Å²) in [5.41, 5.74) is 5.48. The van der Waals surface area contributed by atoms with E-state index >= 15 is 0 Å². The number of amides is 2. The molecule has 4 rings (SSSR count). The Hall–Kier alpha value is -4.27. The Balaban J connectivity index is 1.57. The maximum absolute atomic E-state index is 13.1. The summed E-state index contributed by atoms with van der Waals surface area (Å²) >= 11 is 0. The van der Waals surface area contributed by atoms with Gasteiger partial charge < -0.3 is 9.32 Å². The lowest BCUT2D eigenvalue weighted by molar-refractivity contribution is -0.384. The second kappa shape index (κ2) is 9.07. The van der Waals surface area contributed by atoms with E-state index in [2.05, 4.69) is 10.5 Å². The average Bonchev–Trinajstić information content (AvgIpc) is 3.19. The third kappa shape index (κ3) is 4.38. The number of hydrogen-bond donors (Lipinski definition) is 1. The molecule has 2 aromatic carbocycles. The Morgan fingerprint density at radius 3 is 2.45 bits per heavy atom. The van der Waals surface area contributed by atoms with Crippen LogP contribution in [0.1, 0.15) is 50.6 Å². The lowest BCUT2D eigenvalue weighted by atomic mass is 9.93. The Bertz CT molecular complexity index is 1250. The molecule has 0 spiro atoms. The van der Waals surface area contributed by atoms with Gasteiger partial charge in [-0.3, -0.25) is 19.7 Å². The number of carbonyl (C=O) groups excluding carboxylic acids is 2. The summed E-state index contributed by atoms with van der Waals surface area (Å²) in [5, 5.41) is 15.1. The van der Waals surface area contributed by atoms with Crippen molar-refractivity contribution in [3.8, 4) is 0 Å². The van der Waals surface area contributed by atoms with E-state index < -0.39 is 10.8 Å². The van der Waals surface area contributed by atoms with Crippen molar-refractivity contribution in [1.29, 1.82) is 0 Å². The molecular formula is C24H22N4O5. The Morgan fingerprint density at radius 1 is 1.09 bits per heavy atom. The molecule has 1 N–H and O–H groups in total. The number of furan rings is 1. The van der Waals surface area contributed by atoms with Gasteiger partial charge >= 0.3 is 0 Å². The summed E-state index contributed by atoms with van der Waals surface area (Å²) in [6, 6.07) is 14.6. The molecule has 0 saturated heterocycles. The molecule has 0 saturated carbocycles. The molecule has 0 fully saturated rings. The van der Waals surface area contributed by atoms with Crippen molar-refractivity contribution >= 4 is 28.9 Å². The van der Waals surface area contributed by atoms with Crippen LogP contribution in [0.5, 0.6) is 0 Å². The summed E-state index contributed by atoms with van der Waals surface area (Å²) in [6.45, 7) is 1.81. The number of benzene rings is 2. The van der Waals surface area contributed by atoms with Gasteiger partial charge in [-0.05, 0) is 44.0 Å². The number of non-ortho nitro benzene ring substituents is 1. The number of rotatable bonds is 5. The van der Waals surface area contributed by atoms with Crippen molar-refractivity contribution in [3.63, 3.8) is 0 Å². The monoisotopic (exact) mass is 446 g/mol. The molecule has 0 aliphatic heterocycles. The molecule has 1 aliphatic rings. The minimum absolute atomic E-state index is 0.0959. The fourth-order valence-corrected chi connectivity index (χ4v) is 3.82. The van der Waals surface area contributed by atoms with Crippen LogP contribution in [0, 0.1) is 17.0 Å². The SMILES string of the molecule is Cc1c(C(=O)N(C)c2ccccc2)oc2c1/C(=N/NC(=O)c1ccc([N+](=O)[O-])cc1)CCC2.